The summed E-state index contributed by atoms with van der Waals surface area (Å²) in [6, 6.07) is 19.1. The highest BCUT2D eigenvalue weighted by Gasteiger charge is 2.42. The molecule has 0 aliphatic carbocycles. The maximum absolute atomic E-state index is 12.8. The molecule has 1 spiro atoms. The van der Waals surface area contributed by atoms with Crippen molar-refractivity contribution in [1.29, 1.82) is 0 Å². The molecule has 9 heteroatoms. The number of nitrogens with zero attached hydrogens (tertiary/aromatic N) is 4. The monoisotopic (exact) mass is 480 g/mol. The molecule has 9 nitrogen and oxygen atoms in total. The predicted molar refractivity (Wildman–Crippen MR) is 133 cm³/mol. The van der Waals surface area contributed by atoms with Crippen LogP contribution >= 0.6 is 0 Å². The van der Waals surface area contributed by atoms with Crippen LogP contribution in [-0.4, -0.2) is 50.4 Å². The van der Waals surface area contributed by atoms with Gasteiger partial charge in [-0.15, -0.1) is 0 Å². The van der Waals surface area contributed by atoms with Crippen LogP contribution in [0.1, 0.15) is 34.5 Å². The summed E-state index contributed by atoms with van der Waals surface area (Å²) in [6.45, 7) is 0.840. The van der Waals surface area contributed by atoms with Gasteiger partial charge in [-0.1, -0.05) is 42.5 Å². The maximum Gasteiger partial charge on any atom is 0.324 e. The molecule has 1 saturated heterocycles. The summed E-state index contributed by atoms with van der Waals surface area (Å²) in [5.74, 6) is 0.0529. The van der Waals surface area contributed by atoms with E-state index in [1.807, 2.05) is 54.6 Å². The molecule has 4 amide bonds. The summed E-state index contributed by atoms with van der Waals surface area (Å²) in [7, 11) is 0. The second kappa shape index (κ2) is 8.60. The van der Waals surface area contributed by atoms with Crippen LogP contribution in [0.15, 0.2) is 73.2 Å². The van der Waals surface area contributed by atoms with Crippen molar-refractivity contribution in [2.45, 2.75) is 24.8 Å². The number of para-hydroxylation sites is 1. The quantitative estimate of drug-likeness (QED) is 0.459. The number of nitrogens with one attached hydrogen (secondary N) is 2. The molecule has 0 atom stereocenters. The number of benzene rings is 2. The normalized spacial score (nSPS) is 16.4. The zero-order chi connectivity index (χ0) is 24.7. The van der Waals surface area contributed by atoms with Crippen molar-refractivity contribution in [1.82, 2.24) is 30.1 Å². The first-order chi connectivity index (χ1) is 17.5. The van der Waals surface area contributed by atoms with Gasteiger partial charge in [0, 0.05) is 24.7 Å². The van der Waals surface area contributed by atoms with Gasteiger partial charge in [-0.25, -0.2) is 14.8 Å². The number of rotatable bonds is 2. The van der Waals surface area contributed by atoms with Gasteiger partial charge in [0.1, 0.15) is 17.8 Å². The largest absolute Gasteiger partial charge is 0.346 e. The van der Waals surface area contributed by atoms with E-state index in [2.05, 4.69) is 26.7 Å². The van der Waals surface area contributed by atoms with Gasteiger partial charge in [0.15, 0.2) is 0 Å². The maximum atomic E-state index is 12.8. The molecule has 0 unspecified atom stereocenters. The summed E-state index contributed by atoms with van der Waals surface area (Å²) in [5, 5.41) is 6.62. The first-order valence-corrected chi connectivity index (χ1v) is 11.9. The number of hydrogen-bond acceptors (Lipinski definition) is 5. The smallest absolute Gasteiger partial charge is 0.324 e. The van der Waals surface area contributed by atoms with Crippen LogP contribution in [-0.2, 0) is 16.8 Å². The molecule has 2 aromatic heterocycles. The average molecular weight is 481 g/mol. The summed E-state index contributed by atoms with van der Waals surface area (Å²) < 4.78 is 1.65. The number of urea groups is 1. The Morgan fingerprint density at radius 3 is 2.61 bits per heavy atom. The number of aromatic nitrogens is 3. The predicted octanol–water partition coefficient (Wildman–Crippen LogP) is 2.93. The van der Waals surface area contributed by atoms with Crippen molar-refractivity contribution in [3.63, 3.8) is 0 Å². The number of imidazole rings is 1. The number of carbonyl (C=O) groups excluding carboxylic acids is 3. The number of piperidine rings is 1. The number of imide groups is 1. The Morgan fingerprint density at radius 1 is 0.972 bits per heavy atom. The second-order valence-electron chi connectivity index (χ2n) is 9.24. The number of pyridine rings is 1. The first-order valence-electron chi connectivity index (χ1n) is 11.9. The number of fused-ring (bicyclic) bond motifs is 3. The van der Waals surface area contributed by atoms with E-state index in [0.717, 1.165) is 22.0 Å². The molecule has 2 N–H and O–H groups in total. The van der Waals surface area contributed by atoms with Gasteiger partial charge in [0.05, 0.1) is 17.5 Å². The number of carbonyl (C=O) groups is 3. The lowest BCUT2D eigenvalue weighted by Gasteiger charge is -2.45. The van der Waals surface area contributed by atoms with Crippen molar-refractivity contribution in [2.75, 3.05) is 13.1 Å². The SMILES string of the molecule is O=C1Cc2ccccc2C2(CCN(C(=O)NC(=O)c3cn(-c4ccc5ccccc5n4)cn3)CC2)N1. The van der Waals surface area contributed by atoms with E-state index in [9.17, 15) is 14.4 Å². The van der Waals surface area contributed by atoms with E-state index >= 15 is 0 Å². The van der Waals surface area contributed by atoms with Gasteiger partial charge >= 0.3 is 6.03 Å². The summed E-state index contributed by atoms with van der Waals surface area (Å²) in [4.78, 5) is 48.3. The third-order valence-electron chi connectivity index (χ3n) is 7.05. The minimum Gasteiger partial charge on any atom is -0.346 e. The van der Waals surface area contributed by atoms with Crippen LogP contribution in [0.25, 0.3) is 16.7 Å². The topological polar surface area (TPSA) is 109 Å². The fraction of sp³-hybridized carbons (Fsp3) is 0.222. The molecule has 6 rings (SSSR count). The van der Waals surface area contributed by atoms with Gasteiger partial charge in [0.2, 0.25) is 5.91 Å². The summed E-state index contributed by atoms with van der Waals surface area (Å²) in [6.07, 6.45) is 4.60. The van der Waals surface area contributed by atoms with Gasteiger partial charge in [0.25, 0.3) is 5.91 Å². The van der Waals surface area contributed by atoms with Crippen LogP contribution in [0.5, 0.6) is 0 Å². The van der Waals surface area contributed by atoms with Gasteiger partial charge in [-0.3, -0.25) is 19.5 Å². The van der Waals surface area contributed by atoms with E-state index in [4.69, 9.17) is 0 Å². The molecule has 4 aromatic rings. The van der Waals surface area contributed by atoms with Crippen LogP contribution in [0.2, 0.25) is 0 Å². The van der Waals surface area contributed by atoms with Crippen LogP contribution in [0.4, 0.5) is 4.79 Å². The average Bonchev–Trinajstić information content (AvgIpc) is 3.39. The second-order valence-corrected chi connectivity index (χ2v) is 9.24. The van der Waals surface area contributed by atoms with E-state index in [1.165, 1.54) is 6.33 Å². The molecule has 36 heavy (non-hydrogen) atoms. The van der Waals surface area contributed by atoms with E-state index in [0.29, 0.717) is 38.2 Å². The summed E-state index contributed by atoms with van der Waals surface area (Å²) >= 11 is 0. The Labute approximate surface area is 207 Å². The Kier molecular flexibility index (Phi) is 5.25. The Bertz CT molecular complexity index is 1500. The molecule has 1 fully saturated rings. The van der Waals surface area contributed by atoms with Gasteiger partial charge in [-0.05, 0) is 42.2 Å². The van der Waals surface area contributed by atoms with Crippen molar-refractivity contribution in [3.05, 3.63) is 90.0 Å². The Hall–Kier alpha value is -4.53. The van der Waals surface area contributed by atoms with Crippen LogP contribution in [0, 0.1) is 0 Å². The van der Waals surface area contributed by atoms with Crippen LogP contribution in [0.3, 0.4) is 0 Å². The molecular formula is C27H24N6O3. The lowest BCUT2D eigenvalue weighted by atomic mass is 9.76. The highest BCUT2D eigenvalue weighted by molar-refractivity contribution is 6.03. The lowest BCUT2D eigenvalue weighted by Crippen LogP contribution is -2.58. The standard InChI is InChI=1S/C27H24N6O3/c34-24-15-19-6-1-3-7-20(19)27(31-24)11-13-32(14-12-27)26(36)30-25(35)22-16-33(17-28-22)23-10-9-18-5-2-4-8-21(18)29-23/h1-10,16-17H,11-15H2,(H,31,34)(H,30,35,36). The van der Waals surface area contributed by atoms with Crippen molar-refractivity contribution in [2.24, 2.45) is 0 Å². The highest BCUT2D eigenvalue weighted by Crippen LogP contribution is 2.37. The minimum absolute atomic E-state index is 0.00160. The van der Waals surface area contributed by atoms with E-state index in [-0.39, 0.29) is 11.6 Å². The molecule has 0 saturated carbocycles. The molecule has 0 bridgehead atoms. The van der Waals surface area contributed by atoms with Gasteiger partial charge in [-0.2, -0.15) is 0 Å². The number of likely N-dealkylation sites (tertiary alicyclic amines) is 1. The van der Waals surface area contributed by atoms with Crippen LogP contribution < -0.4 is 10.6 Å². The molecule has 2 aliphatic heterocycles. The zero-order valence-electron chi connectivity index (χ0n) is 19.5. The number of hydrogen-bond donors (Lipinski definition) is 2. The molecule has 2 aliphatic rings. The third-order valence-corrected chi connectivity index (χ3v) is 7.05. The summed E-state index contributed by atoms with van der Waals surface area (Å²) in [5.41, 5.74) is 2.64. The fourth-order valence-corrected chi connectivity index (χ4v) is 5.18. The third kappa shape index (κ3) is 3.88. The Morgan fingerprint density at radius 2 is 1.75 bits per heavy atom. The molecule has 0 radical (unpaired) electrons. The van der Waals surface area contributed by atoms with Crippen molar-refractivity contribution in [3.8, 4) is 5.82 Å². The van der Waals surface area contributed by atoms with Crippen molar-refractivity contribution >= 4 is 28.7 Å². The molecule has 2 aromatic carbocycles. The van der Waals surface area contributed by atoms with E-state index in [1.54, 1.807) is 15.7 Å². The first kappa shape index (κ1) is 22.0. The Balaban J connectivity index is 1.12. The molecular weight excluding hydrogens is 456 g/mol. The van der Waals surface area contributed by atoms with Gasteiger partial charge < -0.3 is 10.2 Å². The highest BCUT2D eigenvalue weighted by atomic mass is 16.2. The van der Waals surface area contributed by atoms with Crippen molar-refractivity contribution < 1.29 is 14.4 Å². The fourth-order valence-electron chi connectivity index (χ4n) is 5.18. The van der Waals surface area contributed by atoms with E-state index < -0.39 is 17.5 Å². The minimum atomic E-state index is -0.573. The molecule has 4 heterocycles. The number of amides is 4. The zero-order valence-corrected chi connectivity index (χ0v) is 19.5. The molecule has 180 valence electrons. The lowest BCUT2D eigenvalue weighted by molar-refractivity contribution is -0.124.